The van der Waals surface area contributed by atoms with Gasteiger partial charge in [0.25, 0.3) is 0 Å². The largest absolute Gasteiger partial charge is 0.496 e. The summed E-state index contributed by atoms with van der Waals surface area (Å²) in [6.45, 7) is 0.786. The summed E-state index contributed by atoms with van der Waals surface area (Å²) in [5.74, 6) is 0.692. The summed E-state index contributed by atoms with van der Waals surface area (Å²) in [4.78, 5) is 17.9. The van der Waals surface area contributed by atoms with Gasteiger partial charge in [-0.25, -0.2) is 4.79 Å². The van der Waals surface area contributed by atoms with E-state index < -0.39 is 0 Å². The van der Waals surface area contributed by atoms with Crippen LogP contribution in [0.1, 0.15) is 11.3 Å². The zero-order chi connectivity index (χ0) is 15.9. The molecule has 0 atom stereocenters. The lowest BCUT2D eigenvalue weighted by Gasteiger charge is -2.18. The van der Waals surface area contributed by atoms with Crippen molar-refractivity contribution < 1.29 is 9.53 Å². The summed E-state index contributed by atoms with van der Waals surface area (Å²) in [5, 5.41) is 3.45. The van der Waals surface area contributed by atoms with Crippen molar-refractivity contribution in [3.8, 4) is 5.75 Å². The van der Waals surface area contributed by atoms with Crippen LogP contribution in [0.15, 0.2) is 42.6 Å². The molecule has 116 valence electrons. The Hall–Kier alpha value is -2.27. The molecule has 0 saturated heterocycles. The van der Waals surface area contributed by atoms with Gasteiger partial charge in [0, 0.05) is 30.4 Å². The van der Waals surface area contributed by atoms with E-state index in [-0.39, 0.29) is 6.03 Å². The molecular formula is C16H18ClN3O2. The first kappa shape index (κ1) is 16.1. The Morgan fingerprint density at radius 1 is 1.36 bits per heavy atom. The van der Waals surface area contributed by atoms with E-state index in [9.17, 15) is 4.79 Å². The number of nitrogens with one attached hydrogen (secondary N) is 1. The highest BCUT2D eigenvalue weighted by Crippen LogP contribution is 2.22. The molecule has 1 N–H and O–H groups in total. The summed E-state index contributed by atoms with van der Waals surface area (Å²) < 4.78 is 5.26. The second-order valence-electron chi connectivity index (χ2n) is 4.79. The van der Waals surface area contributed by atoms with Crippen LogP contribution in [0.5, 0.6) is 5.75 Å². The van der Waals surface area contributed by atoms with Crippen LogP contribution in [0, 0.1) is 0 Å². The Morgan fingerprint density at radius 2 is 2.18 bits per heavy atom. The standard InChI is InChI=1S/C16H18ClN3O2/c1-20(11-14-5-3-4-8-18-14)16(21)19-10-12-9-13(17)6-7-15(12)22-2/h3-9H,10-11H2,1-2H3,(H,19,21). The van der Waals surface area contributed by atoms with Gasteiger partial charge in [0.2, 0.25) is 0 Å². The van der Waals surface area contributed by atoms with Gasteiger partial charge in [-0.15, -0.1) is 0 Å². The first-order valence-electron chi connectivity index (χ1n) is 6.81. The summed E-state index contributed by atoms with van der Waals surface area (Å²) >= 11 is 5.97. The highest BCUT2D eigenvalue weighted by Gasteiger charge is 2.11. The lowest BCUT2D eigenvalue weighted by Crippen LogP contribution is -2.36. The van der Waals surface area contributed by atoms with Gasteiger partial charge in [-0.05, 0) is 30.3 Å². The van der Waals surface area contributed by atoms with Crippen molar-refractivity contribution in [2.75, 3.05) is 14.2 Å². The number of aromatic nitrogens is 1. The minimum Gasteiger partial charge on any atom is -0.496 e. The molecular weight excluding hydrogens is 302 g/mol. The molecule has 0 aliphatic carbocycles. The van der Waals surface area contributed by atoms with Crippen LogP contribution in [0.3, 0.4) is 0 Å². The fourth-order valence-electron chi connectivity index (χ4n) is 2.00. The SMILES string of the molecule is COc1ccc(Cl)cc1CNC(=O)N(C)Cc1ccccn1. The van der Waals surface area contributed by atoms with Gasteiger partial charge in [0.15, 0.2) is 0 Å². The molecule has 0 bridgehead atoms. The van der Waals surface area contributed by atoms with Crippen LogP contribution in [-0.2, 0) is 13.1 Å². The fraction of sp³-hybridized carbons (Fsp3) is 0.250. The predicted molar refractivity (Wildman–Crippen MR) is 85.9 cm³/mol. The fourth-order valence-corrected chi connectivity index (χ4v) is 2.19. The number of halogens is 1. The number of amides is 2. The molecule has 0 spiro atoms. The quantitative estimate of drug-likeness (QED) is 0.921. The van der Waals surface area contributed by atoms with Gasteiger partial charge < -0.3 is 15.0 Å². The normalized spacial score (nSPS) is 10.1. The van der Waals surface area contributed by atoms with Crippen molar-refractivity contribution in [1.82, 2.24) is 15.2 Å². The third-order valence-corrected chi connectivity index (χ3v) is 3.38. The highest BCUT2D eigenvalue weighted by atomic mass is 35.5. The minimum atomic E-state index is -0.187. The van der Waals surface area contributed by atoms with E-state index >= 15 is 0 Å². The van der Waals surface area contributed by atoms with Crippen molar-refractivity contribution >= 4 is 17.6 Å². The van der Waals surface area contributed by atoms with Crippen LogP contribution in [0.25, 0.3) is 0 Å². The lowest BCUT2D eigenvalue weighted by molar-refractivity contribution is 0.206. The van der Waals surface area contributed by atoms with Crippen molar-refractivity contribution in [2.24, 2.45) is 0 Å². The number of carbonyl (C=O) groups excluding carboxylic acids is 1. The predicted octanol–water partition coefficient (Wildman–Crippen LogP) is 3.09. The third-order valence-electron chi connectivity index (χ3n) is 3.14. The van der Waals surface area contributed by atoms with Gasteiger partial charge in [0.05, 0.1) is 19.3 Å². The van der Waals surface area contributed by atoms with Crippen LogP contribution in [0.2, 0.25) is 5.02 Å². The molecule has 1 heterocycles. The van der Waals surface area contributed by atoms with Crippen molar-refractivity contribution in [3.05, 3.63) is 58.9 Å². The van der Waals surface area contributed by atoms with E-state index in [2.05, 4.69) is 10.3 Å². The Morgan fingerprint density at radius 3 is 2.86 bits per heavy atom. The lowest BCUT2D eigenvalue weighted by atomic mass is 10.2. The summed E-state index contributed by atoms with van der Waals surface area (Å²) in [5.41, 5.74) is 1.66. The molecule has 6 heteroatoms. The first-order valence-corrected chi connectivity index (χ1v) is 7.19. The summed E-state index contributed by atoms with van der Waals surface area (Å²) in [7, 11) is 3.31. The molecule has 1 aromatic carbocycles. The zero-order valence-corrected chi connectivity index (χ0v) is 13.3. The number of hydrogen-bond acceptors (Lipinski definition) is 3. The number of benzene rings is 1. The molecule has 0 radical (unpaired) electrons. The van der Waals surface area contributed by atoms with Crippen molar-refractivity contribution in [2.45, 2.75) is 13.1 Å². The molecule has 0 fully saturated rings. The monoisotopic (exact) mass is 319 g/mol. The van der Waals surface area contributed by atoms with E-state index in [1.807, 2.05) is 18.2 Å². The van der Waals surface area contributed by atoms with E-state index in [0.29, 0.717) is 23.9 Å². The topological polar surface area (TPSA) is 54.5 Å². The van der Waals surface area contributed by atoms with Crippen LogP contribution < -0.4 is 10.1 Å². The zero-order valence-electron chi connectivity index (χ0n) is 12.5. The van der Waals surface area contributed by atoms with Gasteiger partial charge >= 0.3 is 6.03 Å². The number of methoxy groups -OCH3 is 1. The van der Waals surface area contributed by atoms with Crippen LogP contribution in [0.4, 0.5) is 4.79 Å². The van der Waals surface area contributed by atoms with E-state index in [1.54, 1.807) is 43.5 Å². The minimum absolute atomic E-state index is 0.187. The second kappa shape index (κ2) is 7.66. The second-order valence-corrected chi connectivity index (χ2v) is 5.23. The molecule has 0 aliphatic heterocycles. The van der Waals surface area contributed by atoms with Gasteiger partial charge in [-0.1, -0.05) is 17.7 Å². The molecule has 2 amide bonds. The maximum atomic E-state index is 12.1. The summed E-state index contributed by atoms with van der Waals surface area (Å²) in [6.07, 6.45) is 1.71. The molecule has 0 aliphatic rings. The number of ether oxygens (including phenoxy) is 1. The smallest absolute Gasteiger partial charge is 0.317 e. The van der Waals surface area contributed by atoms with Crippen molar-refractivity contribution in [1.29, 1.82) is 0 Å². The highest BCUT2D eigenvalue weighted by molar-refractivity contribution is 6.30. The number of hydrogen-bond donors (Lipinski definition) is 1. The molecule has 2 aromatic rings. The maximum absolute atomic E-state index is 12.1. The number of urea groups is 1. The molecule has 5 nitrogen and oxygen atoms in total. The van der Waals surface area contributed by atoms with E-state index in [1.165, 1.54) is 0 Å². The maximum Gasteiger partial charge on any atom is 0.317 e. The van der Waals surface area contributed by atoms with Gasteiger partial charge in [-0.2, -0.15) is 0 Å². The Kier molecular flexibility index (Phi) is 5.61. The Balaban J connectivity index is 1.93. The first-order chi connectivity index (χ1) is 10.6. The average molecular weight is 320 g/mol. The summed E-state index contributed by atoms with van der Waals surface area (Å²) in [6, 6.07) is 10.7. The van der Waals surface area contributed by atoms with Crippen LogP contribution >= 0.6 is 11.6 Å². The van der Waals surface area contributed by atoms with Gasteiger partial charge in [-0.3, -0.25) is 4.98 Å². The number of carbonyl (C=O) groups is 1. The Labute approximate surface area is 134 Å². The number of nitrogens with zero attached hydrogens (tertiary/aromatic N) is 2. The number of rotatable bonds is 5. The van der Waals surface area contributed by atoms with Gasteiger partial charge in [0.1, 0.15) is 5.75 Å². The van der Waals surface area contributed by atoms with Crippen LogP contribution in [-0.4, -0.2) is 30.1 Å². The molecule has 2 rings (SSSR count). The number of pyridine rings is 1. The average Bonchev–Trinajstić information content (AvgIpc) is 2.53. The van der Waals surface area contributed by atoms with Crippen molar-refractivity contribution in [3.63, 3.8) is 0 Å². The third kappa shape index (κ3) is 4.36. The van der Waals surface area contributed by atoms with E-state index in [4.69, 9.17) is 16.3 Å². The molecule has 1 aromatic heterocycles. The molecule has 0 unspecified atom stereocenters. The Bertz CT molecular complexity index is 635. The molecule has 0 saturated carbocycles. The molecule has 22 heavy (non-hydrogen) atoms. The van der Waals surface area contributed by atoms with E-state index in [0.717, 1.165) is 11.3 Å².